The summed E-state index contributed by atoms with van der Waals surface area (Å²) in [4.78, 5) is 11.7. The molecule has 1 fully saturated rings. The van der Waals surface area contributed by atoms with Crippen LogP contribution in [0.3, 0.4) is 0 Å². The minimum atomic E-state index is -0.777. The first-order valence-electron chi connectivity index (χ1n) is 5.98. The highest BCUT2D eigenvalue weighted by Crippen LogP contribution is 2.24. The lowest BCUT2D eigenvalue weighted by Gasteiger charge is -2.15. The van der Waals surface area contributed by atoms with Crippen LogP contribution in [-0.2, 0) is 0 Å². The van der Waals surface area contributed by atoms with E-state index in [-0.39, 0.29) is 11.5 Å². The third-order valence-corrected chi connectivity index (χ3v) is 3.27. The largest absolute Gasteiger partial charge is 0.393 e. The lowest BCUT2D eigenvalue weighted by molar-refractivity contribution is 0.0916. The van der Waals surface area contributed by atoms with Crippen LogP contribution in [0.5, 0.6) is 0 Å². The van der Waals surface area contributed by atoms with Crippen molar-refractivity contribution < 1.29 is 18.7 Å². The van der Waals surface area contributed by atoms with E-state index in [1.54, 1.807) is 0 Å². The average Bonchev–Trinajstić information content (AvgIpc) is 2.70. The van der Waals surface area contributed by atoms with Crippen LogP contribution < -0.4 is 5.32 Å². The molecule has 98 valence electrons. The molecule has 0 aliphatic heterocycles. The first-order valence-corrected chi connectivity index (χ1v) is 5.98. The lowest BCUT2D eigenvalue weighted by atomic mass is 10.1. The zero-order valence-corrected chi connectivity index (χ0v) is 9.83. The molecule has 0 bridgehead atoms. The smallest absolute Gasteiger partial charge is 0.251 e. The average molecular weight is 255 g/mol. The molecule has 1 amide bonds. The molecular weight excluding hydrogens is 240 g/mol. The first kappa shape index (κ1) is 13.0. The van der Waals surface area contributed by atoms with Gasteiger partial charge in [0, 0.05) is 24.1 Å². The third-order valence-electron chi connectivity index (χ3n) is 3.27. The molecule has 1 saturated carbocycles. The highest BCUT2D eigenvalue weighted by atomic mass is 19.1. The van der Waals surface area contributed by atoms with Crippen molar-refractivity contribution in [1.82, 2.24) is 5.32 Å². The molecule has 0 spiro atoms. The number of nitrogens with one attached hydrogen (secondary N) is 1. The topological polar surface area (TPSA) is 49.3 Å². The maximum absolute atomic E-state index is 12.9. The molecule has 1 aliphatic rings. The fraction of sp³-hybridized carbons (Fsp3) is 0.462. The van der Waals surface area contributed by atoms with Gasteiger partial charge in [-0.3, -0.25) is 4.79 Å². The van der Waals surface area contributed by atoms with Crippen molar-refractivity contribution in [3.05, 3.63) is 35.4 Å². The number of aliphatic hydroxyl groups is 1. The second-order valence-electron chi connectivity index (χ2n) is 4.63. The summed E-state index contributed by atoms with van der Waals surface area (Å²) in [6.45, 7) is 0.331. The van der Waals surface area contributed by atoms with E-state index in [1.807, 2.05) is 0 Å². The van der Waals surface area contributed by atoms with E-state index in [4.69, 9.17) is 0 Å². The molecule has 1 aromatic carbocycles. The van der Waals surface area contributed by atoms with Crippen molar-refractivity contribution in [2.24, 2.45) is 5.92 Å². The Kier molecular flexibility index (Phi) is 3.91. The minimum Gasteiger partial charge on any atom is -0.393 e. The predicted octanol–water partition coefficient (Wildman–Crippen LogP) is 1.86. The summed E-state index contributed by atoms with van der Waals surface area (Å²) in [5.41, 5.74) is -0.0417. The highest BCUT2D eigenvalue weighted by molar-refractivity contribution is 5.94. The van der Waals surface area contributed by atoms with E-state index < -0.39 is 23.6 Å². The zero-order chi connectivity index (χ0) is 13.1. The summed E-state index contributed by atoms with van der Waals surface area (Å²) < 4.78 is 25.9. The summed E-state index contributed by atoms with van der Waals surface area (Å²) in [6.07, 6.45) is 2.15. The molecule has 3 nitrogen and oxygen atoms in total. The number of carbonyl (C=O) groups is 1. The number of benzene rings is 1. The second-order valence-corrected chi connectivity index (χ2v) is 4.63. The first-order chi connectivity index (χ1) is 8.56. The van der Waals surface area contributed by atoms with Crippen molar-refractivity contribution in [1.29, 1.82) is 0 Å². The molecule has 0 aromatic heterocycles. The van der Waals surface area contributed by atoms with Crippen molar-refractivity contribution in [3.8, 4) is 0 Å². The molecule has 0 heterocycles. The number of aliphatic hydroxyl groups excluding tert-OH is 1. The van der Waals surface area contributed by atoms with Crippen molar-refractivity contribution in [2.75, 3.05) is 6.54 Å². The monoisotopic (exact) mass is 255 g/mol. The molecule has 0 saturated heterocycles. The van der Waals surface area contributed by atoms with E-state index in [0.717, 1.165) is 37.5 Å². The number of halogens is 2. The van der Waals surface area contributed by atoms with Crippen molar-refractivity contribution in [3.63, 3.8) is 0 Å². The van der Waals surface area contributed by atoms with Gasteiger partial charge in [-0.05, 0) is 25.0 Å². The molecule has 18 heavy (non-hydrogen) atoms. The molecule has 2 N–H and O–H groups in total. The Labute approximate surface area is 104 Å². The summed E-state index contributed by atoms with van der Waals surface area (Å²) in [7, 11) is 0. The summed E-state index contributed by atoms with van der Waals surface area (Å²) in [5.74, 6) is -2.04. The number of amides is 1. The van der Waals surface area contributed by atoms with E-state index in [0.29, 0.717) is 6.54 Å². The summed E-state index contributed by atoms with van der Waals surface area (Å²) >= 11 is 0. The van der Waals surface area contributed by atoms with E-state index in [1.165, 1.54) is 0 Å². The van der Waals surface area contributed by atoms with Crippen LogP contribution in [-0.4, -0.2) is 23.7 Å². The SMILES string of the molecule is O=C(NCC1CCCC1O)c1cc(F)cc(F)c1. The lowest BCUT2D eigenvalue weighted by Crippen LogP contribution is -2.32. The molecule has 2 unspecified atom stereocenters. The Balaban J connectivity index is 1.95. The molecule has 2 atom stereocenters. The van der Waals surface area contributed by atoms with Crippen LogP contribution in [0, 0.1) is 17.6 Å². The molecular formula is C13H15F2NO2. The Hall–Kier alpha value is -1.49. The van der Waals surface area contributed by atoms with Gasteiger partial charge in [0.15, 0.2) is 0 Å². The maximum atomic E-state index is 12.9. The van der Waals surface area contributed by atoms with Gasteiger partial charge in [-0.25, -0.2) is 8.78 Å². The van der Waals surface area contributed by atoms with Crippen molar-refractivity contribution in [2.45, 2.75) is 25.4 Å². The predicted molar refractivity (Wildman–Crippen MR) is 62.0 cm³/mol. The second kappa shape index (κ2) is 5.44. The van der Waals surface area contributed by atoms with E-state index in [2.05, 4.69) is 5.32 Å². The van der Waals surface area contributed by atoms with Gasteiger partial charge in [-0.2, -0.15) is 0 Å². The van der Waals surface area contributed by atoms with Crippen LogP contribution in [0.2, 0.25) is 0 Å². The van der Waals surface area contributed by atoms with Crippen LogP contribution in [0.4, 0.5) is 8.78 Å². The highest BCUT2D eigenvalue weighted by Gasteiger charge is 2.25. The molecule has 2 rings (SSSR count). The fourth-order valence-corrected chi connectivity index (χ4v) is 2.27. The quantitative estimate of drug-likeness (QED) is 0.866. The normalized spacial score (nSPS) is 23.1. The Morgan fingerprint density at radius 2 is 1.94 bits per heavy atom. The zero-order valence-electron chi connectivity index (χ0n) is 9.83. The Bertz CT molecular complexity index is 430. The number of rotatable bonds is 3. The van der Waals surface area contributed by atoms with Crippen LogP contribution in [0.25, 0.3) is 0 Å². The van der Waals surface area contributed by atoms with E-state index in [9.17, 15) is 18.7 Å². The number of hydrogen-bond acceptors (Lipinski definition) is 2. The van der Waals surface area contributed by atoms with Gasteiger partial charge in [0.2, 0.25) is 0 Å². The molecule has 0 radical (unpaired) electrons. The Morgan fingerprint density at radius 3 is 2.50 bits per heavy atom. The fourth-order valence-electron chi connectivity index (χ4n) is 2.27. The van der Waals surface area contributed by atoms with Crippen LogP contribution in [0.15, 0.2) is 18.2 Å². The summed E-state index contributed by atoms with van der Waals surface area (Å²) in [5, 5.41) is 12.2. The standard InChI is InChI=1S/C13H15F2NO2/c14-10-4-9(5-11(15)6-10)13(18)16-7-8-2-1-3-12(8)17/h4-6,8,12,17H,1-3,7H2,(H,16,18). The Morgan fingerprint density at radius 1 is 1.28 bits per heavy atom. The van der Waals surface area contributed by atoms with Gasteiger partial charge in [0.25, 0.3) is 5.91 Å². The van der Waals surface area contributed by atoms with Gasteiger partial charge in [-0.1, -0.05) is 6.42 Å². The van der Waals surface area contributed by atoms with Gasteiger partial charge in [0.05, 0.1) is 6.10 Å². The number of carbonyl (C=O) groups excluding carboxylic acids is 1. The van der Waals surface area contributed by atoms with Gasteiger partial charge >= 0.3 is 0 Å². The molecule has 5 heteroatoms. The van der Waals surface area contributed by atoms with Crippen LogP contribution in [0.1, 0.15) is 29.6 Å². The maximum Gasteiger partial charge on any atom is 0.251 e. The summed E-state index contributed by atoms with van der Waals surface area (Å²) in [6, 6.07) is 2.70. The van der Waals surface area contributed by atoms with Gasteiger partial charge in [0.1, 0.15) is 11.6 Å². The van der Waals surface area contributed by atoms with Gasteiger partial charge < -0.3 is 10.4 Å². The number of hydrogen-bond donors (Lipinski definition) is 2. The minimum absolute atomic E-state index is 0.0346. The van der Waals surface area contributed by atoms with Crippen LogP contribution >= 0.6 is 0 Å². The van der Waals surface area contributed by atoms with E-state index >= 15 is 0 Å². The molecule has 1 aromatic rings. The molecule has 1 aliphatic carbocycles. The third kappa shape index (κ3) is 3.04. The van der Waals surface area contributed by atoms with Crippen molar-refractivity contribution >= 4 is 5.91 Å². The van der Waals surface area contributed by atoms with Gasteiger partial charge in [-0.15, -0.1) is 0 Å².